The van der Waals surface area contributed by atoms with E-state index in [1.54, 1.807) is 12.2 Å². The molecule has 66 valence electrons. The number of fused-ring (bicyclic) bond motifs is 1. The van der Waals surface area contributed by atoms with E-state index >= 15 is 0 Å². The minimum absolute atomic E-state index is 0.0387. The highest BCUT2D eigenvalue weighted by atomic mass is 16.2. The van der Waals surface area contributed by atoms with Crippen molar-refractivity contribution in [2.45, 2.75) is 0 Å². The van der Waals surface area contributed by atoms with E-state index in [0.29, 0.717) is 0 Å². The molecule has 0 radical (unpaired) electrons. The molecular formula is C10H10N2O. The Labute approximate surface area is 75.7 Å². The lowest BCUT2D eigenvalue weighted by Gasteiger charge is -1.81. The summed E-state index contributed by atoms with van der Waals surface area (Å²) in [5, 5.41) is 8.57. The number of hydrogen-bond donors (Lipinski definition) is 2. The Morgan fingerprint density at radius 1 is 1.38 bits per heavy atom. The van der Waals surface area contributed by atoms with Crippen LogP contribution in [0.15, 0.2) is 30.3 Å². The molecule has 0 aliphatic heterocycles. The minimum atomic E-state index is 0.0387. The average Bonchev–Trinajstić information content (AvgIpc) is 2.57. The fourth-order valence-electron chi connectivity index (χ4n) is 1.22. The van der Waals surface area contributed by atoms with Crippen LogP contribution in [-0.4, -0.2) is 21.7 Å². The number of aliphatic hydroxyl groups excluding tert-OH is 1. The van der Waals surface area contributed by atoms with Gasteiger partial charge in [-0.1, -0.05) is 18.2 Å². The Balaban J connectivity index is 2.44. The van der Waals surface area contributed by atoms with Crippen molar-refractivity contribution in [1.29, 1.82) is 0 Å². The van der Waals surface area contributed by atoms with Crippen LogP contribution in [0.5, 0.6) is 0 Å². The zero-order valence-corrected chi connectivity index (χ0v) is 7.07. The number of hydrogen-bond acceptors (Lipinski definition) is 2. The zero-order valence-electron chi connectivity index (χ0n) is 7.07. The standard InChI is InChI=1S/C10H10N2O/c13-7-3-6-10-11-8-4-1-2-5-9(8)12-10/h1-6,13H,7H2,(H,11,12). The van der Waals surface area contributed by atoms with Gasteiger partial charge in [-0.2, -0.15) is 0 Å². The number of H-pyrrole nitrogens is 1. The van der Waals surface area contributed by atoms with Gasteiger partial charge in [0.25, 0.3) is 0 Å². The molecule has 2 N–H and O–H groups in total. The Kier molecular flexibility index (Phi) is 2.10. The summed E-state index contributed by atoms with van der Waals surface area (Å²) < 4.78 is 0. The zero-order chi connectivity index (χ0) is 9.10. The second kappa shape index (κ2) is 3.41. The van der Waals surface area contributed by atoms with E-state index in [9.17, 15) is 0 Å². The molecule has 2 aromatic rings. The van der Waals surface area contributed by atoms with Crippen LogP contribution in [0.3, 0.4) is 0 Å². The van der Waals surface area contributed by atoms with Gasteiger partial charge in [0.2, 0.25) is 0 Å². The van der Waals surface area contributed by atoms with Crippen molar-refractivity contribution in [3.8, 4) is 0 Å². The molecule has 3 nitrogen and oxygen atoms in total. The van der Waals surface area contributed by atoms with Crippen molar-refractivity contribution in [3.05, 3.63) is 36.2 Å². The summed E-state index contributed by atoms with van der Waals surface area (Å²) in [7, 11) is 0. The van der Waals surface area contributed by atoms with Gasteiger partial charge >= 0.3 is 0 Å². The Morgan fingerprint density at radius 3 is 3.00 bits per heavy atom. The highest BCUT2D eigenvalue weighted by Crippen LogP contribution is 2.10. The molecule has 0 spiro atoms. The molecule has 0 unspecified atom stereocenters. The number of aromatic amines is 1. The molecule has 0 saturated heterocycles. The van der Waals surface area contributed by atoms with Gasteiger partial charge in [-0.15, -0.1) is 0 Å². The average molecular weight is 174 g/mol. The first kappa shape index (κ1) is 8.01. The maximum Gasteiger partial charge on any atom is 0.130 e. The Hall–Kier alpha value is -1.61. The molecule has 3 heteroatoms. The summed E-state index contributed by atoms with van der Waals surface area (Å²) >= 11 is 0. The van der Waals surface area contributed by atoms with E-state index in [0.717, 1.165) is 16.9 Å². The Bertz CT molecular complexity index is 398. The first-order chi connectivity index (χ1) is 6.40. The second-order valence-electron chi connectivity index (χ2n) is 2.72. The number of benzene rings is 1. The minimum Gasteiger partial charge on any atom is -0.392 e. The number of imidazole rings is 1. The van der Waals surface area contributed by atoms with Gasteiger partial charge in [-0.3, -0.25) is 0 Å². The third kappa shape index (κ3) is 1.60. The number of para-hydroxylation sites is 2. The van der Waals surface area contributed by atoms with Gasteiger partial charge in [-0.05, 0) is 18.2 Å². The first-order valence-electron chi connectivity index (χ1n) is 4.12. The van der Waals surface area contributed by atoms with Crippen molar-refractivity contribution in [3.63, 3.8) is 0 Å². The number of nitrogens with zero attached hydrogens (tertiary/aromatic N) is 1. The smallest absolute Gasteiger partial charge is 0.130 e. The first-order valence-corrected chi connectivity index (χ1v) is 4.12. The summed E-state index contributed by atoms with van der Waals surface area (Å²) in [5.74, 6) is 0.773. The molecule has 1 heterocycles. The molecule has 0 aliphatic carbocycles. The molecule has 0 aliphatic rings. The number of aromatic nitrogens is 2. The van der Waals surface area contributed by atoms with Crippen molar-refractivity contribution < 1.29 is 5.11 Å². The van der Waals surface area contributed by atoms with Crippen LogP contribution in [0.2, 0.25) is 0 Å². The quantitative estimate of drug-likeness (QED) is 0.726. The highest BCUT2D eigenvalue weighted by Gasteiger charge is 1.96. The lowest BCUT2D eigenvalue weighted by atomic mass is 10.3. The molecule has 0 bridgehead atoms. The predicted molar refractivity (Wildman–Crippen MR) is 52.2 cm³/mol. The van der Waals surface area contributed by atoms with Crippen molar-refractivity contribution in [2.75, 3.05) is 6.61 Å². The van der Waals surface area contributed by atoms with E-state index in [4.69, 9.17) is 5.11 Å². The van der Waals surface area contributed by atoms with Crippen LogP contribution in [0.25, 0.3) is 17.1 Å². The van der Waals surface area contributed by atoms with Gasteiger partial charge < -0.3 is 10.1 Å². The fraction of sp³-hybridized carbons (Fsp3) is 0.100. The number of aliphatic hydroxyl groups is 1. The maximum absolute atomic E-state index is 8.57. The molecular weight excluding hydrogens is 164 g/mol. The van der Waals surface area contributed by atoms with Crippen molar-refractivity contribution in [2.24, 2.45) is 0 Å². The molecule has 0 fully saturated rings. The summed E-state index contributed by atoms with van der Waals surface area (Å²) in [6.45, 7) is 0.0387. The van der Waals surface area contributed by atoms with Gasteiger partial charge in [0.15, 0.2) is 0 Å². The van der Waals surface area contributed by atoms with Crippen LogP contribution < -0.4 is 0 Å². The summed E-state index contributed by atoms with van der Waals surface area (Å²) in [6, 6.07) is 7.82. The fourth-order valence-corrected chi connectivity index (χ4v) is 1.22. The van der Waals surface area contributed by atoms with Crippen LogP contribution >= 0.6 is 0 Å². The van der Waals surface area contributed by atoms with Gasteiger partial charge in [0, 0.05) is 0 Å². The third-order valence-corrected chi connectivity index (χ3v) is 1.79. The van der Waals surface area contributed by atoms with Crippen LogP contribution in [0, 0.1) is 0 Å². The van der Waals surface area contributed by atoms with Crippen molar-refractivity contribution >= 4 is 17.1 Å². The van der Waals surface area contributed by atoms with Gasteiger partial charge in [0.05, 0.1) is 17.6 Å². The van der Waals surface area contributed by atoms with E-state index in [-0.39, 0.29) is 6.61 Å². The molecule has 2 rings (SSSR count). The van der Waals surface area contributed by atoms with Gasteiger partial charge in [-0.25, -0.2) is 4.98 Å². The second-order valence-corrected chi connectivity index (χ2v) is 2.72. The molecule has 1 aromatic carbocycles. The lowest BCUT2D eigenvalue weighted by Crippen LogP contribution is -1.75. The normalized spacial score (nSPS) is 11.5. The predicted octanol–water partition coefficient (Wildman–Crippen LogP) is 1.57. The molecule has 13 heavy (non-hydrogen) atoms. The Morgan fingerprint density at radius 2 is 2.23 bits per heavy atom. The van der Waals surface area contributed by atoms with E-state index in [1.165, 1.54) is 0 Å². The highest BCUT2D eigenvalue weighted by molar-refractivity contribution is 5.76. The van der Waals surface area contributed by atoms with Gasteiger partial charge in [0.1, 0.15) is 5.82 Å². The molecule has 0 amide bonds. The third-order valence-electron chi connectivity index (χ3n) is 1.79. The van der Waals surface area contributed by atoms with E-state index < -0.39 is 0 Å². The lowest BCUT2D eigenvalue weighted by molar-refractivity contribution is 0.343. The van der Waals surface area contributed by atoms with E-state index in [1.807, 2.05) is 24.3 Å². The van der Waals surface area contributed by atoms with E-state index in [2.05, 4.69) is 9.97 Å². The van der Waals surface area contributed by atoms with Crippen LogP contribution in [-0.2, 0) is 0 Å². The summed E-state index contributed by atoms with van der Waals surface area (Å²) in [6.07, 6.45) is 3.41. The topological polar surface area (TPSA) is 48.9 Å². The largest absolute Gasteiger partial charge is 0.392 e. The van der Waals surface area contributed by atoms with Crippen LogP contribution in [0.4, 0.5) is 0 Å². The monoisotopic (exact) mass is 174 g/mol. The number of nitrogens with one attached hydrogen (secondary N) is 1. The summed E-state index contributed by atoms with van der Waals surface area (Å²) in [4.78, 5) is 7.42. The molecule has 0 saturated carbocycles. The number of rotatable bonds is 2. The summed E-state index contributed by atoms with van der Waals surface area (Å²) in [5.41, 5.74) is 1.96. The van der Waals surface area contributed by atoms with Crippen molar-refractivity contribution in [1.82, 2.24) is 9.97 Å². The molecule has 0 atom stereocenters. The maximum atomic E-state index is 8.57. The van der Waals surface area contributed by atoms with Crippen LogP contribution in [0.1, 0.15) is 5.82 Å². The molecule has 1 aromatic heterocycles. The SMILES string of the molecule is OCC=Cc1nc2ccccc2[nH]1.